The van der Waals surface area contributed by atoms with Gasteiger partial charge >= 0.3 is 0 Å². The van der Waals surface area contributed by atoms with E-state index < -0.39 is 0 Å². The van der Waals surface area contributed by atoms with E-state index in [1.165, 1.54) is 45.3 Å². The van der Waals surface area contributed by atoms with E-state index in [2.05, 4.69) is 44.2 Å². The van der Waals surface area contributed by atoms with Crippen LogP contribution in [0, 0.1) is 36.0 Å². The van der Waals surface area contributed by atoms with E-state index in [1.54, 1.807) is 19.3 Å². The van der Waals surface area contributed by atoms with Crippen molar-refractivity contribution in [1.29, 1.82) is 0 Å². The maximum atomic E-state index is 4.68. The van der Waals surface area contributed by atoms with E-state index in [1.807, 2.05) is 17.9 Å². The number of nitrogens with zero attached hydrogens (tertiary/aromatic N) is 6. The van der Waals surface area contributed by atoms with Crippen LogP contribution in [0.4, 0.5) is 5.82 Å². The fraction of sp³-hybridized carbons (Fsp3) is 0.731. The molecule has 6 fully saturated rings. The maximum absolute atomic E-state index is 4.68. The van der Waals surface area contributed by atoms with Gasteiger partial charge in [-0.05, 0) is 98.7 Å². The summed E-state index contributed by atoms with van der Waals surface area (Å²) in [6.07, 6.45) is 12.4. The molecule has 2 aromatic heterocycles. The number of aromatic nitrogens is 4. The van der Waals surface area contributed by atoms with Crippen molar-refractivity contribution in [3.05, 3.63) is 23.9 Å². The second-order valence-electron chi connectivity index (χ2n) is 12.0. The zero-order valence-corrected chi connectivity index (χ0v) is 19.6. The highest BCUT2D eigenvalue weighted by atomic mass is 15.3. The summed E-state index contributed by atoms with van der Waals surface area (Å²) in [6, 6.07) is 4.92. The zero-order chi connectivity index (χ0) is 21.4. The molecule has 2 aromatic rings. The third kappa shape index (κ3) is 3.05. The van der Waals surface area contributed by atoms with Crippen molar-refractivity contribution >= 4 is 5.82 Å². The lowest BCUT2D eigenvalue weighted by atomic mass is 9.49. The molecule has 8 rings (SSSR count). The molecule has 6 aliphatic rings. The Kier molecular flexibility index (Phi) is 4.28. The van der Waals surface area contributed by atoms with E-state index in [0.717, 1.165) is 53.0 Å². The topological polar surface area (TPSA) is 50.1 Å². The van der Waals surface area contributed by atoms with E-state index in [9.17, 15) is 0 Å². The van der Waals surface area contributed by atoms with Gasteiger partial charge in [0.1, 0.15) is 5.69 Å². The van der Waals surface area contributed by atoms with E-state index in [0.29, 0.717) is 11.5 Å². The fourth-order valence-corrected chi connectivity index (χ4v) is 8.94. The fourth-order valence-electron chi connectivity index (χ4n) is 8.94. The predicted molar refractivity (Wildman–Crippen MR) is 125 cm³/mol. The molecule has 0 spiro atoms. The summed E-state index contributed by atoms with van der Waals surface area (Å²) in [4.78, 5) is 5.40. The largest absolute Gasteiger partial charge is 0.351 e. The van der Waals surface area contributed by atoms with Crippen LogP contribution in [-0.2, 0) is 7.05 Å². The van der Waals surface area contributed by atoms with Gasteiger partial charge in [-0.15, -0.1) is 10.2 Å². The van der Waals surface area contributed by atoms with Gasteiger partial charge in [0.2, 0.25) is 0 Å². The van der Waals surface area contributed by atoms with Crippen molar-refractivity contribution in [2.24, 2.45) is 36.1 Å². The third-order valence-corrected chi connectivity index (χ3v) is 9.66. The lowest BCUT2D eigenvalue weighted by Gasteiger charge is -2.57. The molecule has 2 saturated heterocycles. The van der Waals surface area contributed by atoms with Crippen LogP contribution in [0.2, 0.25) is 0 Å². The van der Waals surface area contributed by atoms with Gasteiger partial charge in [0, 0.05) is 39.3 Å². The Balaban J connectivity index is 1.06. The Morgan fingerprint density at radius 3 is 2.38 bits per heavy atom. The van der Waals surface area contributed by atoms with Crippen LogP contribution in [0.5, 0.6) is 0 Å². The summed E-state index contributed by atoms with van der Waals surface area (Å²) in [6.45, 7) is 7.08. The van der Waals surface area contributed by atoms with Crippen LogP contribution >= 0.6 is 0 Å². The summed E-state index contributed by atoms with van der Waals surface area (Å²) in [7, 11) is 1.97. The number of aryl methyl sites for hydroxylation is 2. The summed E-state index contributed by atoms with van der Waals surface area (Å²) in [5, 5.41) is 13.6. The average molecular weight is 433 g/mol. The molecule has 170 valence electrons. The number of anilines is 1. The molecule has 4 saturated carbocycles. The first kappa shape index (κ1) is 19.5. The molecule has 0 radical (unpaired) electrons. The molecule has 0 N–H and O–H groups in total. The molecule has 6 heteroatoms. The lowest BCUT2D eigenvalue weighted by molar-refractivity contribution is -0.0670. The normalized spacial score (nSPS) is 38.1. The molecule has 4 aliphatic carbocycles. The summed E-state index contributed by atoms with van der Waals surface area (Å²) < 4.78 is 1.89. The molecule has 4 bridgehead atoms. The second-order valence-corrected chi connectivity index (χ2v) is 12.0. The molecule has 32 heavy (non-hydrogen) atoms. The number of likely N-dealkylation sites (tertiary alicyclic amines) is 1. The Labute approximate surface area is 191 Å². The molecule has 2 atom stereocenters. The Hall–Kier alpha value is -1.95. The molecule has 6 nitrogen and oxygen atoms in total. The number of hydrogen-bond donors (Lipinski definition) is 0. The molecule has 4 heterocycles. The number of hydrogen-bond acceptors (Lipinski definition) is 5. The third-order valence-electron chi connectivity index (χ3n) is 9.66. The second kappa shape index (κ2) is 7.02. The van der Waals surface area contributed by atoms with Crippen LogP contribution < -0.4 is 4.90 Å². The highest BCUT2D eigenvalue weighted by Crippen LogP contribution is 2.60. The molecule has 0 unspecified atom stereocenters. The van der Waals surface area contributed by atoms with Gasteiger partial charge < -0.3 is 9.80 Å². The van der Waals surface area contributed by atoms with Crippen molar-refractivity contribution in [1.82, 2.24) is 24.9 Å². The van der Waals surface area contributed by atoms with Crippen molar-refractivity contribution in [3.63, 3.8) is 0 Å². The van der Waals surface area contributed by atoms with E-state index in [4.69, 9.17) is 0 Å². The van der Waals surface area contributed by atoms with Crippen molar-refractivity contribution in [2.45, 2.75) is 57.9 Å². The minimum atomic E-state index is 0.613. The summed E-state index contributed by atoms with van der Waals surface area (Å²) in [5.74, 6) is 5.01. The van der Waals surface area contributed by atoms with Gasteiger partial charge in [-0.3, -0.25) is 4.68 Å². The molecule has 0 amide bonds. The van der Waals surface area contributed by atoms with Crippen molar-refractivity contribution in [3.8, 4) is 11.4 Å². The van der Waals surface area contributed by atoms with Crippen molar-refractivity contribution in [2.75, 3.05) is 31.1 Å². The lowest BCUT2D eigenvalue weighted by Crippen LogP contribution is -2.51. The highest BCUT2D eigenvalue weighted by Gasteiger charge is 2.52. The van der Waals surface area contributed by atoms with Gasteiger partial charge in [0.25, 0.3) is 0 Å². The predicted octanol–water partition coefficient (Wildman–Crippen LogP) is 3.91. The summed E-state index contributed by atoms with van der Waals surface area (Å²) in [5.41, 5.74) is 3.77. The molecule has 2 aliphatic heterocycles. The van der Waals surface area contributed by atoms with Crippen LogP contribution in [0.3, 0.4) is 0 Å². The van der Waals surface area contributed by atoms with E-state index >= 15 is 0 Å². The Bertz CT molecular complexity index is 955. The minimum Gasteiger partial charge on any atom is -0.351 e. The standard InChI is InChI=1S/C26H36N6/c1-17-13-27-30(2)25(17)22-3-4-24(29-28-22)32-6-5-21-14-31(15-23(21)32)16-26-10-18-7-19(11-26)9-20(8-18)12-26/h3-4,13,18-21,23H,5-12,14-16H2,1-2H3/t18?,19?,20?,21-,23+,26?/m1/s1. The monoisotopic (exact) mass is 432 g/mol. The van der Waals surface area contributed by atoms with Crippen LogP contribution in [0.25, 0.3) is 11.4 Å². The zero-order valence-electron chi connectivity index (χ0n) is 19.6. The van der Waals surface area contributed by atoms with Gasteiger partial charge in [-0.2, -0.15) is 5.10 Å². The number of rotatable bonds is 4. The average Bonchev–Trinajstić information content (AvgIpc) is 3.41. The summed E-state index contributed by atoms with van der Waals surface area (Å²) >= 11 is 0. The first-order chi connectivity index (χ1) is 15.6. The van der Waals surface area contributed by atoms with Crippen LogP contribution in [0.15, 0.2) is 18.3 Å². The van der Waals surface area contributed by atoms with Gasteiger partial charge in [-0.1, -0.05) is 0 Å². The van der Waals surface area contributed by atoms with Crippen molar-refractivity contribution < 1.29 is 0 Å². The van der Waals surface area contributed by atoms with Gasteiger partial charge in [0.05, 0.1) is 11.9 Å². The van der Waals surface area contributed by atoms with Crippen LogP contribution in [-0.4, -0.2) is 57.1 Å². The molecular formula is C26H36N6. The SMILES string of the molecule is Cc1cnn(C)c1-c1ccc(N2CC[C@@H]3CN(CC45CC6CC(CC(C6)C4)C5)C[C@@H]32)nn1. The molecular weight excluding hydrogens is 396 g/mol. The molecule has 0 aromatic carbocycles. The van der Waals surface area contributed by atoms with E-state index in [-0.39, 0.29) is 0 Å². The maximum Gasteiger partial charge on any atom is 0.151 e. The Morgan fingerprint density at radius 2 is 1.75 bits per heavy atom. The number of fused-ring (bicyclic) bond motifs is 1. The van der Waals surface area contributed by atoms with Gasteiger partial charge in [0.15, 0.2) is 5.82 Å². The Morgan fingerprint density at radius 1 is 1.00 bits per heavy atom. The first-order valence-electron chi connectivity index (χ1n) is 12.9. The van der Waals surface area contributed by atoms with Crippen LogP contribution in [0.1, 0.15) is 50.5 Å². The highest BCUT2D eigenvalue weighted by molar-refractivity contribution is 5.59. The van der Waals surface area contributed by atoms with Gasteiger partial charge in [-0.25, -0.2) is 0 Å². The minimum absolute atomic E-state index is 0.613. The quantitative estimate of drug-likeness (QED) is 0.733. The first-order valence-corrected chi connectivity index (χ1v) is 12.9. The smallest absolute Gasteiger partial charge is 0.151 e.